The van der Waals surface area contributed by atoms with Crippen molar-refractivity contribution in [2.24, 2.45) is 4.99 Å². The Balaban J connectivity index is 1.90. The molecule has 1 atom stereocenters. The topological polar surface area (TPSA) is 52.3 Å². The summed E-state index contributed by atoms with van der Waals surface area (Å²) in [7, 11) is 0. The summed E-state index contributed by atoms with van der Waals surface area (Å²) >= 11 is 3.36. The van der Waals surface area contributed by atoms with Crippen LogP contribution in [0, 0.1) is 6.92 Å². The first-order chi connectivity index (χ1) is 13.3. The highest BCUT2D eigenvalue weighted by Crippen LogP contribution is 2.35. The second-order valence-electron chi connectivity index (χ2n) is 6.56. The summed E-state index contributed by atoms with van der Waals surface area (Å²) in [6.45, 7) is 4.39. The molecule has 1 aliphatic heterocycles. The zero-order valence-electron chi connectivity index (χ0n) is 15.1. The van der Waals surface area contributed by atoms with Gasteiger partial charge in [0.2, 0.25) is 0 Å². The number of nitrogens with zero attached hydrogens (tertiary/aromatic N) is 4. The van der Waals surface area contributed by atoms with E-state index in [9.17, 15) is 13.2 Å². The molecule has 4 rings (SSSR count). The van der Waals surface area contributed by atoms with Crippen molar-refractivity contribution in [3.8, 4) is 6.01 Å². The van der Waals surface area contributed by atoms with Gasteiger partial charge in [-0.2, -0.15) is 18.2 Å². The van der Waals surface area contributed by atoms with Crippen molar-refractivity contribution in [1.82, 2.24) is 14.5 Å². The third-order valence-corrected chi connectivity index (χ3v) is 5.24. The van der Waals surface area contributed by atoms with Gasteiger partial charge in [-0.3, -0.25) is 9.56 Å². The van der Waals surface area contributed by atoms with Gasteiger partial charge in [0.1, 0.15) is 11.2 Å². The van der Waals surface area contributed by atoms with E-state index in [1.165, 1.54) is 13.0 Å². The van der Waals surface area contributed by atoms with Gasteiger partial charge in [-0.1, -0.05) is 12.1 Å². The molecule has 3 heterocycles. The van der Waals surface area contributed by atoms with Crippen LogP contribution in [-0.4, -0.2) is 21.1 Å². The summed E-state index contributed by atoms with van der Waals surface area (Å²) < 4.78 is 47.8. The van der Waals surface area contributed by atoms with E-state index in [-0.39, 0.29) is 5.56 Å². The fourth-order valence-corrected chi connectivity index (χ4v) is 3.78. The smallest absolute Gasteiger partial charge is 0.416 e. The molecule has 0 spiro atoms. The number of benzene rings is 1. The lowest BCUT2D eigenvalue weighted by Gasteiger charge is -2.16. The van der Waals surface area contributed by atoms with Gasteiger partial charge in [-0.15, -0.1) is 0 Å². The standard InChI is InChI=1S/C19H16BrF3N4O/c1-10-12(4-3-5-14(10)19(21,22)23)11(2)25-17-13-8-16(20)24-9-15(13)27-6-7-28-18(27)26-17/h3-5,8-9,11H,6-7H2,1-2H3/b25-17-/t11-/m1/s1. The van der Waals surface area contributed by atoms with Crippen LogP contribution in [0.2, 0.25) is 0 Å². The van der Waals surface area contributed by atoms with Crippen molar-refractivity contribution in [3.63, 3.8) is 0 Å². The predicted octanol–water partition coefficient (Wildman–Crippen LogP) is 4.58. The van der Waals surface area contributed by atoms with Gasteiger partial charge in [-0.05, 0) is 53.0 Å². The summed E-state index contributed by atoms with van der Waals surface area (Å²) in [6, 6.07) is 5.88. The number of ether oxygens (including phenoxy) is 1. The van der Waals surface area contributed by atoms with Crippen LogP contribution >= 0.6 is 15.9 Å². The molecule has 0 aliphatic carbocycles. The molecule has 0 saturated heterocycles. The lowest BCUT2D eigenvalue weighted by atomic mass is 9.97. The first kappa shape index (κ1) is 18.9. The number of fused-ring (bicyclic) bond motifs is 3. The zero-order valence-corrected chi connectivity index (χ0v) is 16.7. The summed E-state index contributed by atoms with van der Waals surface area (Å²) in [5.74, 6) is 0. The van der Waals surface area contributed by atoms with E-state index in [0.29, 0.717) is 34.8 Å². The quantitative estimate of drug-likeness (QED) is 0.534. The number of hydrogen-bond acceptors (Lipinski definition) is 4. The Hall–Kier alpha value is -2.42. The summed E-state index contributed by atoms with van der Waals surface area (Å²) in [6.07, 6.45) is -2.70. The molecule has 28 heavy (non-hydrogen) atoms. The predicted molar refractivity (Wildman–Crippen MR) is 101 cm³/mol. The molecule has 0 saturated carbocycles. The molecule has 0 radical (unpaired) electrons. The lowest BCUT2D eigenvalue weighted by molar-refractivity contribution is -0.138. The monoisotopic (exact) mass is 452 g/mol. The third kappa shape index (κ3) is 3.28. The molecular weight excluding hydrogens is 437 g/mol. The highest BCUT2D eigenvalue weighted by molar-refractivity contribution is 9.10. The van der Waals surface area contributed by atoms with Crippen molar-refractivity contribution in [1.29, 1.82) is 0 Å². The van der Waals surface area contributed by atoms with Crippen LogP contribution in [0.25, 0.3) is 10.9 Å². The summed E-state index contributed by atoms with van der Waals surface area (Å²) in [5.41, 5.74) is 1.26. The first-order valence-electron chi connectivity index (χ1n) is 8.65. The second-order valence-corrected chi connectivity index (χ2v) is 7.38. The van der Waals surface area contributed by atoms with E-state index >= 15 is 0 Å². The maximum Gasteiger partial charge on any atom is 0.416 e. The van der Waals surface area contributed by atoms with E-state index in [2.05, 4.69) is 30.9 Å². The van der Waals surface area contributed by atoms with E-state index in [0.717, 1.165) is 17.0 Å². The van der Waals surface area contributed by atoms with Gasteiger partial charge in [0, 0.05) is 5.39 Å². The number of halogens is 4. The van der Waals surface area contributed by atoms with Crippen LogP contribution in [-0.2, 0) is 12.7 Å². The number of alkyl halides is 3. The molecule has 0 bridgehead atoms. The molecule has 2 aromatic heterocycles. The van der Waals surface area contributed by atoms with E-state index in [1.807, 2.05) is 4.57 Å². The molecule has 0 amide bonds. The van der Waals surface area contributed by atoms with Crippen molar-refractivity contribution < 1.29 is 17.9 Å². The zero-order chi connectivity index (χ0) is 20.1. The number of rotatable bonds is 2. The number of aromatic nitrogens is 3. The molecule has 0 unspecified atom stereocenters. The maximum absolute atomic E-state index is 13.2. The minimum absolute atomic E-state index is 0.171. The highest BCUT2D eigenvalue weighted by atomic mass is 79.9. The van der Waals surface area contributed by atoms with Crippen LogP contribution in [0.1, 0.15) is 29.7 Å². The average Bonchev–Trinajstić information content (AvgIpc) is 3.09. The van der Waals surface area contributed by atoms with E-state index in [4.69, 9.17) is 4.74 Å². The Morgan fingerprint density at radius 1 is 1.32 bits per heavy atom. The normalized spacial score (nSPS) is 15.6. The molecule has 146 valence electrons. The Bertz CT molecular complexity index is 1140. The first-order valence-corrected chi connectivity index (χ1v) is 9.44. The van der Waals surface area contributed by atoms with Gasteiger partial charge in [0.05, 0.1) is 29.9 Å². The molecule has 1 aliphatic rings. The molecule has 0 fully saturated rings. The Morgan fingerprint density at radius 3 is 2.86 bits per heavy atom. The van der Waals surface area contributed by atoms with Crippen molar-refractivity contribution in [2.45, 2.75) is 32.6 Å². The SMILES string of the molecule is Cc1c([C@@H](C)/N=c2\nc3n(c4cnc(Br)cc24)CCO3)cccc1C(F)(F)F. The highest BCUT2D eigenvalue weighted by Gasteiger charge is 2.33. The average molecular weight is 453 g/mol. The molecule has 5 nitrogen and oxygen atoms in total. The van der Waals surface area contributed by atoms with Crippen LogP contribution in [0.4, 0.5) is 13.2 Å². The Labute approximate surface area is 167 Å². The fourth-order valence-electron chi connectivity index (χ4n) is 3.45. The van der Waals surface area contributed by atoms with Crippen LogP contribution < -0.4 is 10.2 Å². The minimum atomic E-state index is -4.40. The molecule has 0 N–H and O–H groups in total. The van der Waals surface area contributed by atoms with Crippen LogP contribution in [0.15, 0.2) is 40.1 Å². The third-order valence-electron chi connectivity index (χ3n) is 4.81. The van der Waals surface area contributed by atoms with Crippen LogP contribution in [0.5, 0.6) is 6.01 Å². The van der Waals surface area contributed by atoms with Gasteiger partial charge >= 0.3 is 6.18 Å². The van der Waals surface area contributed by atoms with Crippen molar-refractivity contribution in [3.05, 3.63) is 57.2 Å². The summed E-state index contributed by atoms with van der Waals surface area (Å²) in [5, 5.41) is 0.757. The Kier molecular flexibility index (Phi) is 4.65. The largest absolute Gasteiger partial charge is 0.463 e. The fraction of sp³-hybridized carbons (Fsp3) is 0.316. The summed E-state index contributed by atoms with van der Waals surface area (Å²) in [4.78, 5) is 13.4. The van der Waals surface area contributed by atoms with Crippen LogP contribution in [0.3, 0.4) is 0 Å². The maximum atomic E-state index is 13.2. The van der Waals surface area contributed by atoms with E-state index < -0.39 is 17.8 Å². The molecule has 9 heteroatoms. The van der Waals surface area contributed by atoms with Gasteiger partial charge < -0.3 is 4.74 Å². The second kappa shape index (κ2) is 6.88. The van der Waals surface area contributed by atoms with Gasteiger partial charge in [0.25, 0.3) is 6.01 Å². The molecule has 1 aromatic carbocycles. The minimum Gasteiger partial charge on any atom is -0.463 e. The van der Waals surface area contributed by atoms with Crippen molar-refractivity contribution >= 4 is 26.8 Å². The number of pyridine rings is 1. The number of hydrogen-bond donors (Lipinski definition) is 0. The molecular formula is C19H16BrF3N4O. The van der Waals surface area contributed by atoms with E-state index in [1.54, 1.807) is 25.3 Å². The van der Waals surface area contributed by atoms with Crippen molar-refractivity contribution in [2.75, 3.05) is 6.61 Å². The van der Waals surface area contributed by atoms with Gasteiger partial charge in [-0.25, -0.2) is 4.98 Å². The lowest BCUT2D eigenvalue weighted by Crippen LogP contribution is -2.16. The molecule has 3 aromatic rings. The van der Waals surface area contributed by atoms with Gasteiger partial charge in [0.15, 0.2) is 5.49 Å². The Morgan fingerprint density at radius 2 is 2.11 bits per heavy atom.